The molecule has 0 spiro atoms. The van der Waals surface area contributed by atoms with Crippen LogP contribution in [0.4, 0.5) is 0 Å². The van der Waals surface area contributed by atoms with Crippen LogP contribution >= 0.6 is 18.6 Å². The van der Waals surface area contributed by atoms with Crippen LogP contribution in [0, 0.1) is 24.7 Å². The van der Waals surface area contributed by atoms with Crippen molar-refractivity contribution in [3.63, 3.8) is 0 Å². The topological polar surface area (TPSA) is 17.3 Å². The van der Waals surface area contributed by atoms with Crippen LogP contribution in [0.5, 0.6) is 0 Å². The second-order valence-electron chi connectivity index (χ2n) is 11.4. The number of likely N-dealkylation sites (tertiary alicyclic amines) is 1. The molecule has 0 aromatic carbocycles. The molecule has 2 nitrogen and oxygen atoms in total. The monoisotopic (exact) mass is 532 g/mol. The quantitative estimate of drug-likeness (QED) is 0.262. The number of allylic oxidation sites excluding steroid dienone is 3. The molecule has 0 bridgehead atoms. The van der Waals surface area contributed by atoms with Gasteiger partial charge in [-0.15, -0.1) is 5.54 Å². The van der Waals surface area contributed by atoms with Gasteiger partial charge in [0.2, 0.25) is 0 Å². The fraction of sp³-hybridized carbons (Fsp3) is 0.808. The minimum atomic E-state index is -1.70. The van der Waals surface area contributed by atoms with Crippen molar-refractivity contribution in [2.24, 2.45) is 17.8 Å². The Kier molecular flexibility index (Phi) is 11.6. The van der Waals surface area contributed by atoms with E-state index >= 15 is 0 Å². The third-order valence-electron chi connectivity index (χ3n) is 7.70. The molecular formula is C26H46Cl2N2SiTi-2. The van der Waals surface area contributed by atoms with E-state index in [1.165, 1.54) is 51.6 Å². The predicted octanol–water partition coefficient (Wildman–Crippen LogP) is 8.74. The Morgan fingerprint density at radius 3 is 1.91 bits per heavy atom. The number of nitrogens with zero attached hydrogens (tertiary/aromatic N) is 2. The number of hydrogen-bond acceptors (Lipinski definition) is 1. The summed E-state index contributed by atoms with van der Waals surface area (Å²) in [6.45, 7) is 22.2. The van der Waals surface area contributed by atoms with E-state index in [0.717, 1.165) is 29.3 Å². The van der Waals surface area contributed by atoms with Crippen molar-refractivity contribution >= 4 is 26.8 Å². The number of rotatable bonds is 3. The van der Waals surface area contributed by atoms with E-state index in [1.807, 2.05) is 0 Å². The zero-order valence-electron chi connectivity index (χ0n) is 21.6. The maximum absolute atomic E-state index is 5.50. The molecule has 6 heteroatoms. The molecule has 1 saturated heterocycles. The van der Waals surface area contributed by atoms with Gasteiger partial charge in [-0.05, 0) is 80.5 Å². The van der Waals surface area contributed by atoms with E-state index < -0.39 is 25.3 Å². The first-order valence-corrected chi connectivity index (χ1v) is 20.0. The van der Waals surface area contributed by atoms with Gasteiger partial charge in [0.1, 0.15) is 0 Å². The molecule has 0 radical (unpaired) electrons. The molecule has 0 N–H and O–H groups in total. The van der Waals surface area contributed by atoms with E-state index in [9.17, 15) is 0 Å². The van der Waals surface area contributed by atoms with Crippen LogP contribution in [-0.2, 0) is 17.0 Å². The Morgan fingerprint density at radius 2 is 1.44 bits per heavy atom. The van der Waals surface area contributed by atoms with Gasteiger partial charge in [0.05, 0.1) is 0 Å². The van der Waals surface area contributed by atoms with Crippen LogP contribution in [0.25, 0.3) is 4.98 Å². The Labute approximate surface area is 217 Å². The molecule has 1 heterocycles. The summed E-state index contributed by atoms with van der Waals surface area (Å²) < 4.78 is 0. The van der Waals surface area contributed by atoms with E-state index in [-0.39, 0.29) is 5.54 Å². The molecule has 5 atom stereocenters. The van der Waals surface area contributed by atoms with E-state index in [4.69, 9.17) is 23.6 Å². The fourth-order valence-corrected chi connectivity index (χ4v) is 11.9. The first-order chi connectivity index (χ1) is 15.1. The molecule has 4 rings (SSSR count). The van der Waals surface area contributed by atoms with Crippen LogP contribution in [0.3, 0.4) is 0 Å². The van der Waals surface area contributed by atoms with Gasteiger partial charge in [-0.1, -0.05) is 66.7 Å². The van der Waals surface area contributed by atoms with Gasteiger partial charge in [-0.25, -0.2) is 0 Å². The Morgan fingerprint density at radius 1 is 0.969 bits per heavy atom. The van der Waals surface area contributed by atoms with Gasteiger partial charge in [0.15, 0.2) is 0 Å². The summed E-state index contributed by atoms with van der Waals surface area (Å²) in [5, 5.41) is 0. The maximum atomic E-state index is 5.50. The number of halogens is 2. The summed E-state index contributed by atoms with van der Waals surface area (Å²) in [5.74, 6) is 2.23. The van der Waals surface area contributed by atoms with Gasteiger partial charge in [-0.2, -0.15) is 6.92 Å². The van der Waals surface area contributed by atoms with Crippen molar-refractivity contribution in [3.8, 4) is 0 Å². The molecule has 1 aliphatic heterocycles. The van der Waals surface area contributed by atoms with Crippen molar-refractivity contribution in [3.05, 3.63) is 35.2 Å². The van der Waals surface area contributed by atoms with Crippen LogP contribution in [0.15, 0.2) is 23.3 Å². The molecule has 3 fully saturated rings. The van der Waals surface area contributed by atoms with Gasteiger partial charge < -0.3 is 11.9 Å². The minimum absolute atomic E-state index is 0.0876. The van der Waals surface area contributed by atoms with E-state index in [2.05, 4.69) is 64.8 Å². The number of fused-ring (bicyclic) bond motifs is 2. The predicted molar refractivity (Wildman–Crippen MR) is 142 cm³/mol. The summed E-state index contributed by atoms with van der Waals surface area (Å²) in [5.41, 5.74) is 4.29. The van der Waals surface area contributed by atoms with Crippen LogP contribution in [0.1, 0.15) is 73.1 Å². The molecule has 2 saturated carbocycles. The fourth-order valence-electron chi connectivity index (χ4n) is 7.27. The average molecular weight is 534 g/mol. The number of hydrogen-bond donors (Lipinski definition) is 0. The van der Waals surface area contributed by atoms with Crippen molar-refractivity contribution in [1.29, 1.82) is 0 Å². The molecule has 3 aliphatic carbocycles. The summed E-state index contributed by atoms with van der Waals surface area (Å²) in [7, 11) is 8.08. The molecule has 0 amide bonds. The SMILES string of the molecule is CC1C(N2CCCC2)C2C=C3CCCCC3=CC2C1[Si](C)(C)[N-]C(C)(C)C.[CH2-]C.[Cl][Ti][Cl]. The van der Waals surface area contributed by atoms with Crippen molar-refractivity contribution in [1.82, 2.24) is 4.90 Å². The van der Waals surface area contributed by atoms with Crippen molar-refractivity contribution < 1.29 is 17.0 Å². The molecule has 0 aromatic heterocycles. The zero-order valence-corrected chi connectivity index (χ0v) is 25.6. The summed E-state index contributed by atoms with van der Waals surface area (Å²) in [6, 6.07) is 0.747. The molecule has 184 valence electrons. The molecule has 0 aromatic rings. The third-order valence-corrected chi connectivity index (χ3v) is 11.5. The third kappa shape index (κ3) is 6.99. The molecular weight excluding hydrogens is 487 g/mol. The van der Waals surface area contributed by atoms with Gasteiger partial charge >= 0.3 is 35.6 Å². The van der Waals surface area contributed by atoms with E-state index in [0.29, 0.717) is 0 Å². The zero-order chi connectivity index (χ0) is 24.1. The van der Waals surface area contributed by atoms with Gasteiger partial charge in [0, 0.05) is 6.04 Å². The Balaban J connectivity index is 0.000000671. The van der Waals surface area contributed by atoms with Crippen LogP contribution in [-0.4, -0.2) is 37.8 Å². The van der Waals surface area contributed by atoms with Gasteiger partial charge in [0.25, 0.3) is 0 Å². The Hall–Kier alpha value is 0.911. The molecule has 4 aliphatic rings. The second-order valence-corrected chi connectivity index (χ2v) is 18.1. The standard InChI is InChI=1S/C24H41N2Si.C2H5.2ClH.Ti/c1-17-22(26-13-9-10-14-26)20-15-18-11-7-8-12-19(18)16-21(20)23(17)27(5,6)25-24(2,3)4;1-2;;;/h15-17,20-23H,7-14H2,1-6H3;1H2,2H3;2*1H;/q2*-1;;;+2/p-2. The summed E-state index contributed by atoms with van der Waals surface area (Å²) in [4.78, 5) is 8.36. The average Bonchev–Trinajstić information content (AvgIpc) is 3.31. The van der Waals surface area contributed by atoms with Gasteiger partial charge in [-0.3, -0.25) is 4.90 Å². The molecule has 5 unspecified atom stereocenters. The molecule has 32 heavy (non-hydrogen) atoms. The van der Waals surface area contributed by atoms with Crippen molar-refractivity contribution in [2.75, 3.05) is 13.1 Å². The van der Waals surface area contributed by atoms with Crippen LogP contribution in [0.2, 0.25) is 18.6 Å². The first kappa shape index (κ1) is 29.1. The normalized spacial score (nSPS) is 32.4. The van der Waals surface area contributed by atoms with Crippen molar-refractivity contribution in [2.45, 2.75) is 103 Å². The second kappa shape index (κ2) is 12.7. The summed E-state index contributed by atoms with van der Waals surface area (Å²) in [6.07, 6.45) is 13.8. The first-order valence-electron chi connectivity index (χ1n) is 12.7. The van der Waals surface area contributed by atoms with E-state index in [1.54, 1.807) is 18.1 Å². The summed E-state index contributed by atoms with van der Waals surface area (Å²) >= 11 is -0.556. The Bertz CT molecular complexity index is 653. The van der Waals surface area contributed by atoms with Crippen LogP contribution < -0.4 is 0 Å².